The number of fused-ring (bicyclic) bond motifs is 1. The molecule has 2 aliphatic heterocycles. The number of amides is 1. The number of hydrogen-bond donors (Lipinski definition) is 2. The summed E-state index contributed by atoms with van der Waals surface area (Å²) >= 11 is 0. The number of phenolic OH excluding ortho intramolecular Hbond substituents is 1. The summed E-state index contributed by atoms with van der Waals surface area (Å²) in [6.07, 6.45) is 4.00. The van der Waals surface area contributed by atoms with Crippen molar-refractivity contribution in [3.05, 3.63) is 54.2 Å². The Labute approximate surface area is 180 Å². The van der Waals surface area contributed by atoms with E-state index in [1.54, 1.807) is 12.1 Å². The molecule has 2 N–H and O–H groups in total. The number of phenols is 1. The van der Waals surface area contributed by atoms with E-state index in [-0.39, 0.29) is 23.2 Å². The number of benzene rings is 1. The van der Waals surface area contributed by atoms with Crippen LogP contribution in [0.4, 0.5) is 0 Å². The van der Waals surface area contributed by atoms with Gasteiger partial charge in [0.2, 0.25) is 5.91 Å². The van der Waals surface area contributed by atoms with Gasteiger partial charge in [0.25, 0.3) is 0 Å². The summed E-state index contributed by atoms with van der Waals surface area (Å²) in [5.41, 5.74) is 4.19. The molecule has 0 aliphatic carbocycles. The number of hydrogen-bond acceptors (Lipinski definition) is 5. The molecule has 1 atom stereocenters. The van der Waals surface area contributed by atoms with E-state index in [4.69, 9.17) is 4.74 Å². The number of aromatic nitrogens is 3. The average molecular weight is 418 g/mol. The maximum absolute atomic E-state index is 11.9. The first-order chi connectivity index (χ1) is 15.0. The Morgan fingerprint density at radius 2 is 2.10 bits per heavy atom. The second-order valence-electron chi connectivity index (χ2n) is 8.60. The number of carbonyl (C=O) groups is 1. The lowest BCUT2D eigenvalue weighted by atomic mass is 9.84. The number of para-hydroxylation sites is 1. The number of aromatic hydroxyl groups is 1. The monoisotopic (exact) mass is 418 g/mol. The summed E-state index contributed by atoms with van der Waals surface area (Å²) < 4.78 is 6.32. The van der Waals surface area contributed by atoms with Crippen LogP contribution in [-0.2, 0) is 9.53 Å². The van der Waals surface area contributed by atoms with Gasteiger partial charge in [-0.1, -0.05) is 18.7 Å². The fraction of sp³-hybridized carbons (Fsp3) is 0.375. The number of likely N-dealkylation sites (tertiary alicyclic amines) is 1. The van der Waals surface area contributed by atoms with Crippen molar-refractivity contribution in [2.45, 2.75) is 37.7 Å². The van der Waals surface area contributed by atoms with Crippen molar-refractivity contribution in [3.8, 4) is 17.0 Å². The third kappa shape index (κ3) is 3.39. The summed E-state index contributed by atoms with van der Waals surface area (Å²) in [4.78, 5) is 17.2. The second kappa shape index (κ2) is 7.50. The predicted molar refractivity (Wildman–Crippen MR) is 118 cm³/mol. The first-order valence-corrected chi connectivity index (χ1v) is 10.7. The first-order valence-electron chi connectivity index (χ1n) is 10.7. The third-order valence-corrected chi connectivity index (χ3v) is 6.81. The Hall–Kier alpha value is -3.19. The van der Waals surface area contributed by atoms with E-state index in [1.165, 1.54) is 6.08 Å². The highest BCUT2D eigenvalue weighted by atomic mass is 16.5. The molecule has 7 heteroatoms. The maximum atomic E-state index is 11.9. The third-order valence-electron chi connectivity index (χ3n) is 6.81. The summed E-state index contributed by atoms with van der Waals surface area (Å²) in [6, 6.07) is 9.14. The summed E-state index contributed by atoms with van der Waals surface area (Å²) in [5.74, 6) is 0.441. The van der Waals surface area contributed by atoms with Gasteiger partial charge < -0.3 is 19.7 Å². The number of piperidine rings is 1. The van der Waals surface area contributed by atoms with Crippen LogP contribution in [0, 0.1) is 6.92 Å². The molecule has 1 spiro atoms. The average Bonchev–Trinajstić information content (AvgIpc) is 3.35. The van der Waals surface area contributed by atoms with Gasteiger partial charge in [0.15, 0.2) is 5.65 Å². The van der Waals surface area contributed by atoms with E-state index in [0.29, 0.717) is 31.0 Å². The van der Waals surface area contributed by atoms with Gasteiger partial charge in [-0.2, -0.15) is 0 Å². The fourth-order valence-corrected chi connectivity index (χ4v) is 5.01. The molecule has 1 unspecified atom stereocenters. The van der Waals surface area contributed by atoms with Crippen LogP contribution >= 0.6 is 0 Å². The Morgan fingerprint density at radius 1 is 1.32 bits per heavy atom. The molecule has 5 rings (SSSR count). The van der Waals surface area contributed by atoms with Crippen LogP contribution in [0.5, 0.6) is 5.75 Å². The van der Waals surface area contributed by atoms with Gasteiger partial charge in [-0.25, -0.2) is 0 Å². The molecule has 2 saturated heterocycles. The lowest BCUT2D eigenvalue weighted by Gasteiger charge is -2.38. The van der Waals surface area contributed by atoms with Gasteiger partial charge in [0, 0.05) is 35.7 Å². The smallest absolute Gasteiger partial charge is 0.245 e. The number of aryl methyl sites for hydroxylation is 1. The van der Waals surface area contributed by atoms with E-state index in [0.717, 1.165) is 41.6 Å². The predicted octanol–water partition coefficient (Wildman–Crippen LogP) is 3.69. The molecular formula is C24H26N4O3. The number of ether oxygens (including phenoxy) is 1. The molecule has 160 valence electrons. The molecule has 2 aromatic heterocycles. The SMILES string of the molecule is C=CC(=O)N1CCC2(CC1)CC(c1[nH]c3nnc(-c4ccccc4O)cc3c1C)CO2. The number of nitrogens with one attached hydrogen (secondary N) is 1. The summed E-state index contributed by atoms with van der Waals surface area (Å²) in [7, 11) is 0. The number of nitrogens with zero attached hydrogens (tertiary/aromatic N) is 3. The van der Waals surface area contributed by atoms with Crippen LogP contribution in [0.1, 0.15) is 36.4 Å². The molecule has 2 aliphatic rings. The number of rotatable bonds is 3. The summed E-state index contributed by atoms with van der Waals surface area (Å²) in [5, 5.41) is 19.9. The molecule has 7 nitrogen and oxygen atoms in total. The van der Waals surface area contributed by atoms with Gasteiger partial charge in [-0.3, -0.25) is 4.79 Å². The molecule has 0 radical (unpaired) electrons. The Balaban J connectivity index is 1.39. The minimum atomic E-state index is -0.168. The molecule has 31 heavy (non-hydrogen) atoms. The normalized spacial score (nSPS) is 20.4. The molecule has 1 amide bonds. The lowest BCUT2D eigenvalue weighted by molar-refractivity contribution is -0.130. The first kappa shape index (κ1) is 19.8. The van der Waals surface area contributed by atoms with Crippen molar-refractivity contribution in [1.82, 2.24) is 20.1 Å². The van der Waals surface area contributed by atoms with Crippen molar-refractivity contribution < 1.29 is 14.6 Å². The quantitative estimate of drug-likeness (QED) is 0.633. The van der Waals surface area contributed by atoms with Gasteiger partial charge in [0.1, 0.15) is 5.75 Å². The van der Waals surface area contributed by atoms with E-state index in [1.807, 2.05) is 23.1 Å². The van der Waals surface area contributed by atoms with Crippen LogP contribution < -0.4 is 0 Å². The Kier molecular flexibility index (Phi) is 4.78. The topological polar surface area (TPSA) is 91.3 Å². The van der Waals surface area contributed by atoms with Gasteiger partial charge in [-0.05, 0) is 56.0 Å². The standard InChI is InChI=1S/C24H26N4O3/c1-3-21(30)28-10-8-24(9-11-28)13-16(14-31-24)22-15(2)18-12-19(26-27-23(18)25-22)17-6-4-5-7-20(17)29/h3-7,12,16,29H,1,8-11,13-14H2,2H3,(H,25,27). The molecule has 4 heterocycles. The Morgan fingerprint density at radius 3 is 2.84 bits per heavy atom. The molecule has 1 aromatic carbocycles. The molecule has 3 aromatic rings. The Bertz CT molecular complexity index is 1160. The van der Waals surface area contributed by atoms with Crippen LogP contribution in [-0.4, -0.2) is 56.4 Å². The number of aromatic amines is 1. The van der Waals surface area contributed by atoms with Crippen molar-refractivity contribution in [1.29, 1.82) is 0 Å². The largest absolute Gasteiger partial charge is 0.507 e. The highest BCUT2D eigenvalue weighted by Gasteiger charge is 2.44. The van der Waals surface area contributed by atoms with Gasteiger partial charge in [-0.15, -0.1) is 10.2 Å². The number of carbonyl (C=O) groups excluding carboxylic acids is 1. The van der Waals surface area contributed by atoms with Crippen LogP contribution in [0.15, 0.2) is 43.0 Å². The van der Waals surface area contributed by atoms with Crippen molar-refractivity contribution >= 4 is 16.9 Å². The van der Waals surface area contributed by atoms with E-state index in [9.17, 15) is 9.90 Å². The van der Waals surface area contributed by atoms with Gasteiger partial charge >= 0.3 is 0 Å². The summed E-state index contributed by atoms with van der Waals surface area (Å²) in [6.45, 7) is 7.75. The number of H-pyrrole nitrogens is 1. The minimum absolute atomic E-state index is 0.00492. The fourth-order valence-electron chi connectivity index (χ4n) is 5.01. The van der Waals surface area contributed by atoms with Crippen molar-refractivity contribution in [2.75, 3.05) is 19.7 Å². The lowest BCUT2D eigenvalue weighted by Crippen LogP contribution is -2.45. The van der Waals surface area contributed by atoms with Crippen LogP contribution in [0.3, 0.4) is 0 Å². The molecule has 0 bridgehead atoms. The maximum Gasteiger partial charge on any atom is 0.245 e. The second-order valence-corrected chi connectivity index (χ2v) is 8.60. The zero-order valence-electron chi connectivity index (χ0n) is 17.6. The molecule has 0 saturated carbocycles. The molecule has 2 fully saturated rings. The van der Waals surface area contributed by atoms with Gasteiger partial charge in [0.05, 0.1) is 17.9 Å². The van der Waals surface area contributed by atoms with E-state index >= 15 is 0 Å². The highest BCUT2D eigenvalue weighted by molar-refractivity contribution is 5.87. The zero-order valence-corrected chi connectivity index (χ0v) is 17.6. The van der Waals surface area contributed by atoms with E-state index < -0.39 is 0 Å². The van der Waals surface area contributed by atoms with Crippen LogP contribution in [0.25, 0.3) is 22.3 Å². The highest BCUT2D eigenvalue weighted by Crippen LogP contribution is 2.44. The zero-order chi connectivity index (χ0) is 21.6. The van der Waals surface area contributed by atoms with Crippen LogP contribution in [0.2, 0.25) is 0 Å². The molecular weight excluding hydrogens is 392 g/mol. The van der Waals surface area contributed by atoms with Crippen molar-refractivity contribution in [3.63, 3.8) is 0 Å². The van der Waals surface area contributed by atoms with E-state index in [2.05, 4.69) is 28.7 Å². The van der Waals surface area contributed by atoms with Crippen molar-refractivity contribution in [2.24, 2.45) is 0 Å². The minimum Gasteiger partial charge on any atom is -0.507 e.